The van der Waals surface area contributed by atoms with Crippen LogP contribution in [0.25, 0.3) is 0 Å². The molecule has 7 rings (SSSR count). The van der Waals surface area contributed by atoms with E-state index in [1.54, 1.807) is 0 Å². The van der Waals surface area contributed by atoms with Gasteiger partial charge in [-0.1, -0.05) is 90.1 Å². The first-order valence-corrected chi connectivity index (χ1v) is 16.3. The molecule has 40 heavy (non-hydrogen) atoms. The molecule has 216 valence electrons. The Labute approximate surface area is 248 Å². The molecule has 1 aliphatic heterocycles. The van der Waals surface area contributed by atoms with E-state index < -0.39 is 0 Å². The molecule has 0 spiro atoms. The summed E-state index contributed by atoms with van der Waals surface area (Å²) in [6.07, 6.45) is 9.42. The van der Waals surface area contributed by atoms with Crippen LogP contribution in [-0.2, 0) is 10.8 Å². The first kappa shape index (κ1) is 28.2. The average molecular weight is 558 g/mol. The first-order chi connectivity index (χ1) is 18.9. The van der Waals surface area contributed by atoms with Crippen LogP contribution in [0.2, 0.25) is 0 Å². The Morgan fingerprint density at radius 2 is 1.20 bits per heavy atom. The standard InChI is InChI=1S/C36H51N3S/c1-34(2,3)28-11-7-26(8-12-28)32(27-9-13-29(14-10-27)35(4,5)6)31-18-30(22-37-31)38-33(40)39-36-19-23-15-24(20-36)17-25(16-23)21-36/h7-14,23-25,30-32,37H,15-22H2,1-6H3,(H2,38,39,40)/t23?,24?,25?,30-,31-,36?/m1/s1. The lowest BCUT2D eigenvalue weighted by Crippen LogP contribution is -2.62. The minimum absolute atomic E-state index is 0.155. The molecule has 1 saturated heterocycles. The largest absolute Gasteiger partial charge is 0.359 e. The minimum Gasteiger partial charge on any atom is -0.359 e. The molecule has 4 aliphatic carbocycles. The lowest BCUT2D eigenvalue weighted by Gasteiger charge is -2.57. The van der Waals surface area contributed by atoms with E-state index in [1.807, 2.05) is 0 Å². The van der Waals surface area contributed by atoms with Gasteiger partial charge < -0.3 is 16.0 Å². The van der Waals surface area contributed by atoms with Crippen LogP contribution in [0.3, 0.4) is 0 Å². The van der Waals surface area contributed by atoms with Gasteiger partial charge in [0.2, 0.25) is 0 Å². The summed E-state index contributed by atoms with van der Waals surface area (Å²) in [5.41, 5.74) is 6.13. The van der Waals surface area contributed by atoms with Crippen molar-refractivity contribution in [3.8, 4) is 0 Å². The van der Waals surface area contributed by atoms with Gasteiger partial charge in [-0.15, -0.1) is 0 Å². The number of rotatable bonds is 5. The Hall–Kier alpha value is -1.91. The third-order valence-electron chi connectivity index (χ3n) is 10.6. The van der Waals surface area contributed by atoms with Crippen molar-refractivity contribution >= 4 is 17.3 Å². The Morgan fingerprint density at radius 3 is 1.62 bits per heavy atom. The first-order valence-electron chi connectivity index (χ1n) is 15.9. The molecule has 2 atom stereocenters. The summed E-state index contributed by atoms with van der Waals surface area (Å²) in [6.45, 7) is 14.7. The van der Waals surface area contributed by atoms with Gasteiger partial charge in [-0.2, -0.15) is 0 Å². The van der Waals surface area contributed by atoms with Gasteiger partial charge in [-0.05, 0) is 108 Å². The molecule has 5 fully saturated rings. The summed E-state index contributed by atoms with van der Waals surface area (Å²) in [5.74, 6) is 3.08. The third kappa shape index (κ3) is 5.86. The van der Waals surface area contributed by atoms with Gasteiger partial charge in [0.25, 0.3) is 0 Å². The molecular formula is C36H51N3S. The predicted octanol–water partition coefficient (Wildman–Crippen LogP) is 7.58. The van der Waals surface area contributed by atoms with Crippen molar-refractivity contribution in [2.45, 2.75) is 121 Å². The molecule has 0 amide bonds. The summed E-state index contributed by atoms with van der Waals surface area (Å²) in [7, 11) is 0. The lowest BCUT2D eigenvalue weighted by molar-refractivity contribution is -0.0102. The van der Waals surface area contributed by atoms with E-state index in [1.165, 1.54) is 60.8 Å². The number of benzene rings is 2. The average Bonchev–Trinajstić information content (AvgIpc) is 3.30. The van der Waals surface area contributed by atoms with E-state index in [0.717, 1.165) is 35.8 Å². The third-order valence-corrected chi connectivity index (χ3v) is 10.8. The summed E-state index contributed by atoms with van der Waals surface area (Å²) in [6, 6.07) is 19.5. The fourth-order valence-electron chi connectivity index (χ4n) is 8.89. The van der Waals surface area contributed by atoms with Crippen LogP contribution in [0.5, 0.6) is 0 Å². The van der Waals surface area contributed by atoms with Gasteiger partial charge in [0, 0.05) is 30.1 Å². The maximum atomic E-state index is 5.97. The van der Waals surface area contributed by atoms with Crippen molar-refractivity contribution in [3.05, 3.63) is 70.8 Å². The second-order valence-electron chi connectivity index (χ2n) is 16.0. The van der Waals surface area contributed by atoms with Crippen LogP contribution in [0.1, 0.15) is 115 Å². The number of hydrogen-bond donors (Lipinski definition) is 3. The zero-order valence-electron chi connectivity index (χ0n) is 25.6. The van der Waals surface area contributed by atoms with Crippen LogP contribution >= 0.6 is 12.2 Å². The molecule has 3 N–H and O–H groups in total. The van der Waals surface area contributed by atoms with Gasteiger partial charge in [0.1, 0.15) is 0 Å². The highest BCUT2D eigenvalue weighted by Crippen LogP contribution is 2.55. The van der Waals surface area contributed by atoms with Crippen LogP contribution in [0.15, 0.2) is 48.5 Å². The van der Waals surface area contributed by atoms with Crippen LogP contribution in [-0.4, -0.2) is 29.3 Å². The summed E-state index contributed by atoms with van der Waals surface area (Å²) in [4.78, 5) is 0. The minimum atomic E-state index is 0.155. The molecule has 2 aromatic carbocycles. The molecule has 4 bridgehead atoms. The lowest BCUT2D eigenvalue weighted by atomic mass is 9.53. The number of nitrogens with one attached hydrogen (secondary N) is 3. The second-order valence-corrected chi connectivity index (χ2v) is 16.4. The highest BCUT2D eigenvalue weighted by atomic mass is 32.1. The van der Waals surface area contributed by atoms with Crippen molar-refractivity contribution in [3.63, 3.8) is 0 Å². The summed E-state index contributed by atoms with van der Waals surface area (Å²) < 4.78 is 0. The molecule has 4 heteroatoms. The molecule has 2 aromatic rings. The van der Waals surface area contributed by atoms with Crippen LogP contribution < -0.4 is 16.0 Å². The Kier molecular flexibility index (Phi) is 7.35. The maximum Gasteiger partial charge on any atom is 0.166 e. The van der Waals surface area contributed by atoms with E-state index in [-0.39, 0.29) is 16.4 Å². The fraction of sp³-hybridized carbons (Fsp3) is 0.639. The van der Waals surface area contributed by atoms with Gasteiger partial charge in [0.05, 0.1) is 0 Å². The molecule has 1 heterocycles. The van der Waals surface area contributed by atoms with Gasteiger partial charge >= 0.3 is 0 Å². The van der Waals surface area contributed by atoms with E-state index in [9.17, 15) is 0 Å². The molecule has 4 saturated carbocycles. The number of hydrogen-bond acceptors (Lipinski definition) is 2. The topological polar surface area (TPSA) is 36.1 Å². The Morgan fingerprint density at radius 1 is 0.750 bits per heavy atom. The van der Waals surface area contributed by atoms with Crippen molar-refractivity contribution in [1.82, 2.24) is 16.0 Å². The van der Waals surface area contributed by atoms with E-state index in [0.29, 0.717) is 18.0 Å². The van der Waals surface area contributed by atoms with Crippen molar-refractivity contribution in [2.75, 3.05) is 6.54 Å². The van der Waals surface area contributed by atoms with E-state index in [2.05, 4.69) is 106 Å². The molecule has 0 radical (unpaired) electrons. The zero-order chi connectivity index (χ0) is 28.3. The molecule has 5 aliphatic rings. The maximum absolute atomic E-state index is 5.97. The Bertz CT molecular complexity index is 1110. The van der Waals surface area contributed by atoms with E-state index in [4.69, 9.17) is 12.2 Å². The Balaban J connectivity index is 1.17. The second kappa shape index (κ2) is 10.4. The van der Waals surface area contributed by atoms with Crippen molar-refractivity contribution < 1.29 is 0 Å². The fourth-order valence-corrected chi connectivity index (χ4v) is 9.28. The summed E-state index contributed by atoms with van der Waals surface area (Å²) in [5, 5.41) is 12.4. The summed E-state index contributed by atoms with van der Waals surface area (Å²) >= 11 is 5.97. The highest BCUT2D eigenvalue weighted by Gasteiger charge is 2.51. The monoisotopic (exact) mass is 557 g/mol. The molecular weight excluding hydrogens is 506 g/mol. The normalized spacial score (nSPS) is 31.5. The van der Waals surface area contributed by atoms with Gasteiger partial charge in [-0.25, -0.2) is 0 Å². The smallest absolute Gasteiger partial charge is 0.166 e. The van der Waals surface area contributed by atoms with E-state index >= 15 is 0 Å². The van der Waals surface area contributed by atoms with Crippen LogP contribution in [0, 0.1) is 17.8 Å². The number of thiocarbonyl (C=S) groups is 1. The van der Waals surface area contributed by atoms with Gasteiger partial charge in [0.15, 0.2) is 5.11 Å². The predicted molar refractivity (Wildman–Crippen MR) is 172 cm³/mol. The molecule has 3 nitrogen and oxygen atoms in total. The van der Waals surface area contributed by atoms with Crippen molar-refractivity contribution in [2.24, 2.45) is 17.8 Å². The molecule has 0 unspecified atom stereocenters. The van der Waals surface area contributed by atoms with Crippen molar-refractivity contribution in [1.29, 1.82) is 0 Å². The molecule has 0 aromatic heterocycles. The highest BCUT2D eigenvalue weighted by molar-refractivity contribution is 7.80. The zero-order valence-corrected chi connectivity index (χ0v) is 26.5. The van der Waals surface area contributed by atoms with Gasteiger partial charge in [-0.3, -0.25) is 0 Å². The quantitative estimate of drug-likeness (QED) is 0.331. The SMILES string of the molecule is CC(C)(C)c1ccc(C(c2ccc(C(C)(C)C)cc2)[C@H]2C[C@@H](NC(=S)NC34CC5CC(CC(C5)C3)C4)CN2)cc1. The van der Waals surface area contributed by atoms with Crippen LogP contribution in [0.4, 0.5) is 0 Å².